The van der Waals surface area contributed by atoms with Crippen LogP contribution in [-0.4, -0.2) is 29.8 Å². The molecule has 3 aromatic rings. The number of nitrogens with one attached hydrogen (secondary N) is 2. The Morgan fingerprint density at radius 2 is 1.90 bits per heavy atom. The first-order valence-electron chi connectivity index (χ1n) is 9.03. The molecule has 1 amide bonds. The SMILES string of the molecule is COc1ccc(C)cc1NC(=O)c1cnc(NCc2ccc3c(c2)OCO3)nc1. The topological polar surface area (TPSA) is 94.6 Å². The van der Waals surface area contributed by atoms with Crippen molar-refractivity contribution in [3.63, 3.8) is 0 Å². The van der Waals surface area contributed by atoms with Crippen molar-refractivity contribution in [2.75, 3.05) is 24.5 Å². The highest BCUT2D eigenvalue weighted by molar-refractivity contribution is 6.04. The molecule has 0 bridgehead atoms. The van der Waals surface area contributed by atoms with E-state index in [9.17, 15) is 4.79 Å². The van der Waals surface area contributed by atoms with Gasteiger partial charge in [-0.2, -0.15) is 0 Å². The van der Waals surface area contributed by atoms with E-state index in [0.717, 1.165) is 22.6 Å². The lowest BCUT2D eigenvalue weighted by atomic mass is 10.2. The number of nitrogens with zero attached hydrogens (tertiary/aromatic N) is 2. The van der Waals surface area contributed by atoms with Crippen LogP contribution in [0.5, 0.6) is 17.2 Å². The minimum atomic E-state index is -0.309. The normalized spacial score (nSPS) is 11.8. The van der Waals surface area contributed by atoms with Crippen molar-refractivity contribution < 1.29 is 19.0 Å². The van der Waals surface area contributed by atoms with E-state index in [0.29, 0.717) is 29.5 Å². The van der Waals surface area contributed by atoms with Crippen LogP contribution in [0.15, 0.2) is 48.8 Å². The molecule has 148 valence electrons. The molecule has 2 N–H and O–H groups in total. The van der Waals surface area contributed by atoms with Gasteiger partial charge in [-0.3, -0.25) is 4.79 Å². The van der Waals surface area contributed by atoms with E-state index >= 15 is 0 Å². The van der Waals surface area contributed by atoms with Gasteiger partial charge >= 0.3 is 0 Å². The van der Waals surface area contributed by atoms with Crippen molar-refractivity contribution in [1.82, 2.24) is 9.97 Å². The van der Waals surface area contributed by atoms with Crippen molar-refractivity contribution in [3.8, 4) is 17.2 Å². The number of benzene rings is 2. The standard InChI is InChI=1S/C21H20N4O4/c1-13-3-5-17(27-2)16(7-13)25-20(26)15-10-23-21(24-11-15)22-9-14-4-6-18-19(8-14)29-12-28-18/h3-8,10-11H,9,12H2,1-2H3,(H,25,26)(H,22,23,24). The maximum atomic E-state index is 12.5. The first-order valence-corrected chi connectivity index (χ1v) is 9.03. The van der Waals surface area contributed by atoms with Crippen LogP contribution in [0.1, 0.15) is 21.5 Å². The maximum Gasteiger partial charge on any atom is 0.258 e. The van der Waals surface area contributed by atoms with E-state index in [1.54, 1.807) is 7.11 Å². The number of fused-ring (bicyclic) bond motifs is 1. The van der Waals surface area contributed by atoms with Gasteiger partial charge in [-0.05, 0) is 42.3 Å². The molecule has 0 unspecified atom stereocenters. The molecular weight excluding hydrogens is 372 g/mol. The fourth-order valence-corrected chi connectivity index (χ4v) is 2.88. The van der Waals surface area contributed by atoms with Gasteiger partial charge in [-0.25, -0.2) is 9.97 Å². The molecule has 0 fully saturated rings. The smallest absolute Gasteiger partial charge is 0.258 e. The largest absolute Gasteiger partial charge is 0.495 e. The summed E-state index contributed by atoms with van der Waals surface area (Å²) in [7, 11) is 1.56. The zero-order valence-corrected chi connectivity index (χ0v) is 16.1. The van der Waals surface area contributed by atoms with Crippen LogP contribution in [0.4, 0.5) is 11.6 Å². The van der Waals surface area contributed by atoms with E-state index in [2.05, 4.69) is 20.6 Å². The maximum absolute atomic E-state index is 12.5. The van der Waals surface area contributed by atoms with Crippen molar-refractivity contribution >= 4 is 17.5 Å². The summed E-state index contributed by atoms with van der Waals surface area (Å²) >= 11 is 0. The molecule has 1 aromatic heterocycles. The highest BCUT2D eigenvalue weighted by Gasteiger charge is 2.14. The Bertz CT molecular complexity index is 1040. The van der Waals surface area contributed by atoms with Gasteiger partial charge in [0.1, 0.15) is 5.75 Å². The molecule has 1 aliphatic heterocycles. The first-order chi connectivity index (χ1) is 14.1. The van der Waals surface area contributed by atoms with Gasteiger partial charge in [0.25, 0.3) is 5.91 Å². The van der Waals surface area contributed by atoms with Gasteiger partial charge in [0.15, 0.2) is 11.5 Å². The average Bonchev–Trinajstić information content (AvgIpc) is 3.21. The zero-order chi connectivity index (χ0) is 20.2. The second kappa shape index (κ2) is 8.05. The molecule has 0 aliphatic carbocycles. The highest BCUT2D eigenvalue weighted by atomic mass is 16.7. The highest BCUT2D eigenvalue weighted by Crippen LogP contribution is 2.32. The van der Waals surface area contributed by atoms with Crippen LogP contribution in [0.2, 0.25) is 0 Å². The molecule has 8 nitrogen and oxygen atoms in total. The van der Waals surface area contributed by atoms with E-state index in [4.69, 9.17) is 14.2 Å². The summed E-state index contributed by atoms with van der Waals surface area (Å²) in [5.74, 6) is 2.17. The number of hydrogen-bond acceptors (Lipinski definition) is 7. The van der Waals surface area contributed by atoms with E-state index in [1.807, 2.05) is 43.3 Å². The number of anilines is 2. The summed E-state index contributed by atoms with van der Waals surface area (Å²) in [6, 6.07) is 11.3. The number of amides is 1. The molecule has 2 aromatic carbocycles. The number of hydrogen-bond donors (Lipinski definition) is 2. The van der Waals surface area contributed by atoms with Crippen LogP contribution < -0.4 is 24.8 Å². The fourth-order valence-electron chi connectivity index (χ4n) is 2.88. The summed E-state index contributed by atoms with van der Waals surface area (Å²) in [6.07, 6.45) is 2.96. The molecule has 0 saturated heterocycles. The Kier molecular flexibility index (Phi) is 5.15. The molecule has 29 heavy (non-hydrogen) atoms. The summed E-state index contributed by atoms with van der Waals surface area (Å²) in [5, 5.41) is 5.95. The molecule has 1 aliphatic rings. The van der Waals surface area contributed by atoms with Crippen molar-refractivity contribution in [3.05, 3.63) is 65.5 Å². The number of ether oxygens (including phenoxy) is 3. The van der Waals surface area contributed by atoms with Gasteiger partial charge in [-0.1, -0.05) is 12.1 Å². The predicted molar refractivity (Wildman–Crippen MR) is 108 cm³/mol. The minimum absolute atomic E-state index is 0.243. The molecule has 8 heteroatoms. The molecule has 4 rings (SSSR count). The lowest BCUT2D eigenvalue weighted by Gasteiger charge is -2.11. The zero-order valence-electron chi connectivity index (χ0n) is 16.1. The van der Waals surface area contributed by atoms with Gasteiger partial charge in [0.2, 0.25) is 12.7 Å². The van der Waals surface area contributed by atoms with Crippen molar-refractivity contribution in [2.45, 2.75) is 13.5 Å². The molecule has 0 radical (unpaired) electrons. The number of aryl methyl sites for hydroxylation is 1. The van der Waals surface area contributed by atoms with Crippen LogP contribution in [-0.2, 0) is 6.54 Å². The number of methoxy groups -OCH3 is 1. The number of rotatable bonds is 6. The second-order valence-electron chi connectivity index (χ2n) is 6.49. The molecule has 0 spiro atoms. The quantitative estimate of drug-likeness (QED) is 0.664. The van der Waals surface area contributed by atoms with Gasteiger partial charge in [0.05, 0.1) is 18.4 Å². The summed E-state index contributed by atoms with van der Waals surface area (Å²) in [5.41, 5.74) is 2.97. The third kappa shape index (κ3) is 4.21. The first kappa shape index (κ1) is 18.5. The summed E-state index contributed by atoms with van der Waals surface area (Å²) in [6.45, 7) is 2.70. The van der Waals surface area contributed by atoms with Gasteiger partial charge < -0.3 is 24.8 Å². The Morgan fingerprint density at radius 3 is 2.69 bits per heavy atom. The Hall–Kier alpha value is -3.81. The van der Waals surface area contributed by atoms with E-state index in [1.165, 1.54) is 12.4 Å². The lowest BCUT2D eigenvalue weighted by molar-refractivity contribution is 0.102. The predicted octanol–water partition coefficient (Wildman–Crippen LogP) is 3.39. The molecule has 0 saturated carbocycles. The Labute approximate surface area is 167 Å². The molecular formula is C21H20N4O4. The lowest BCUT2D eigenvalue weighted by Crippen LogP contribution is -2.14. The summed E-state index contributed by atoms with van der Waals surface area (Å²) < 4.78 is 16.0. The van der Waals surface area contributed by atoms with Crippen LogP contribution in [0.3, 0.4) is 0 Å². The Balaban J connectivity index is 1.38. The molecule has 0 atom stereocenters. The fraction of sp³-hybridized carbons (Fsp3) is 0.190. The monoisotopic (exact) mass is 392 g/mol. The second-order valence-corrected chi connectivity index (χ2v) is 6.49. The third-order valence-corrected chi connectivity index (χ3v) is 4.40. The Morgan fingerprint density at radius 1 is 1.10 bits per heavy atom. The van der Waals surface area contributed by atoms with Crippen molar-refractivity contribution in [1.29, 1.82) is 0 Å². The number of carbonyl (C=O) groups excluding carboxylic acids is 1. The van der Waals surface area contributed by atoms with Crippen LogP contribution in [0, 0.1) is 6.92 Å². The van der Waals surface area contributed by atoms with E-state index in [-0.39, 0.29) is 12.7 Å². The minimum Gasteiger partial charge on any atom is -0.495 e. The van der Waals surface area contributed by atoms with E-state index < -0.39 is 0 Å². The van der Waals surface area contributed by atoms with Gasteiger partial charge in [0, 0.05) is 18.9 Å². The van der Waals surface area contributed by atoms with Crippen LogP contribution >= 0.6 is 0 Å². The third-order valence-electron chi connectivity index (χ3n) is 4.40. The molecule has 2 heterocycles. The van der Waals surface area contributed by atoms with Crippen LogP contribution in [0.25, 0.3) is 0 Å². The number of carbonyl (C=O) groups is 1. The number of aromatic nitrogens is 2. The summed E-state index contributed by atoms with van der Waals surface area (Å²) in [4.78, 5) is 20.9. The average molecular weight is 392 g/mol. The van der Waals surface area contributed by atoms with Crippen molar-refractivity contribution in [2.24, 2.45) is 0 Å². The van der Waals surface area contributed by atoms with Gasteiger partial charge in [-0.15, -0.1) is 0 Å².